The molecule has 2 aromatic rings. The Bertz CT molecular complexity index is 700. The molecule has 4 heteroatoms. The number of thioether (sulfide) groups is 1. The Hall–Kier alpha value is -1.78. The minimum Gasteiger partial charge on any atom is -0.459 e. The van der Waals surface area contributed by atoms with E-state index in [-0.39, 0.29) is 18.0 Å². The first-order valence-electron chi connectivity index (χ1n) is 9.04. The van der Waals surface area contributed by atoms with E-state index in [2.05, 4.69) is 12.1 Å². The third-order valence-corrected chi connectivity index (χ3v) is 5.93. The third kappa shape index (κ3) is 5.12. The Morgan fingerprint density at radius 3 is 2.31 bits per heavy atom. The number of carbonyl (C=O) groups is 1. The molecule has 2 atom stereocenters. The minimum atomic E-state index is -0.496. The van der Waals surface area contributed by atoms with Gasteiger partial charge in [-0.25, -0.2) is 0 Å². The molecule has 1 aliphatic heterocycles. The lowest BCUT2D eigenvalue weighted by molar-refractivity contribution is -0.158. The zero-order valence-corrected chi connectivity index (χ0v) is 16.2. The summed E-state index contributed by atoms with van der Waals surface area (Å²) in [6.07, 6.45) is 0.531. The fourth-order valence-electron chi connectivity index (χ4n) is 3.03. The number of rotatable bonds is 8. The van der Waals surface area contributed by atoms with Crippen molar-refractivity contribution in [2.45, 2.75) is 44.3 Å². The second kappa shape index (κ2) is 8.74. The Morgan fingerprint density at radius 1 is 1.04 bits per heavy atom. The van der Waals surface area contributed by atoms with Crippen LogP contribution in [0.25, 0.3) is 0 Å². The summed E-state index contributed by atoms with van der Waals surface area (Å²) in [5.41, 5.74) is 1.91. The Kier molecular flexibility index (Phi) is 6.38. The van der Waals surface area contributed by atoms with Gasteiger partial charge >= 0.3 is 5.97 Å². The van der Waals surface area contributed by atoms with Crippen molar-refractivity contribution in [1.82, 2.24) is 0 Å². The van der Waals surface area contributed by atoms with Gasteiger partial charge in [0.05, 0.1) is 18.1 Å². The number of esters is 1. The Balaban J connectivity index is 1.48. The first-order valence-corrected chi connectivity index (χ1v) is 10.2. The van der Waals surface area contributed by atoms with Gasteiger partial charge in [-0.1, -0.05) is 60.7 Å². The summed E-state index contributed by atoms with van der Waals surface area (Å²) in [4.78, 5) is 12.3. The second-order valence-corrected chi connectivity index (χ2v) is 8.27. The van der Waals surface area contributed by atoms with Gasteiger partial charge < -0.3 is 9.47 Å². The van der Waals surface area contributed by atoms with E-state index in [1.165, 1.54) is 5.56 Å². The molecule has 0 N–H and O–H groups in total. The van der Waals surface area contributed by atoms with Gasteiger partial charge in [-0.05, 0) is 25.0 Å². The molecule has 0 amide bonds. The summed E-state index contributed by atoms with van der Waals surface area (Å²) in [6, 6.07) is 20.4. The van der Waals surface area contributed by atoms with Crippen LogP contribution in [0.3, 0.4) is 0 Å². The molecule has 3 nitrogen and oxygen atoms in total. The van der Waals surface area contributed by atoms with Crippen molar-refractivity contribution in [3.8, 4) is 0 Å². The fourth-order valence-corrected chi connectivity index (χ4v) is 4.13. The topological polar surface area (TPSA) is 35.5 Å². The zero-order chi connectivity index (χ0) is 18.4. The molecule has 138 valence electrons. The normalized spacial score (nSPS) is 20.2. The van der Waals surface area contributed by atoms with Crippen molar-refractivity contribution in [3.63, 3.8) is 0 Å². The first kappa shape index (κ1) is 19.0. The van der Waals surface area contributed by atoms with Crippen LogP contribution >= 0.6 is 11.8 Å². The fraction of sp³-hybridized carbons (Fsp3) is 0.409. The van der Waals surface area contributed by atoms with E-state index in [4.69, 9.17) is 9.47 Å². The molecule has 1 heterocycles. The zero-order valence-electron chi connectivity index (χ0n) is 15.4. The molecule has 0 bridgehead atoms. The van der Waals surface area contributed by atoms with Crippen molar-refractivity contribution in [2.24, 2.45) is 5.92 Å². The Morgan fingerprint density at radius 2 is 1.65 bits per heavy atom. The molecule has 3 rings (SSSR count). The monoisotopic (exact) mass is 370 g/mol. The molecule has 2 aromatic carbocycles. The van der Waals surface area contributed by atoms with Crippen molar-refractivity contribution >= 4 is 17.7 Å². The molecule has 0 spiro atoms. The lowest BCUT2D eigenvalue weighted by Crippen LogP contribution is -2.38. The number of ether oxygens (including phenoxy) is 2. The molecule has 0 saturated carbocycles. The van der Waals surface area contributed by atoms with Crippen molar-refractivity contribution in [1.29, 1.82) is 0 Å². The smallest absolute Gasteiger partial charge is 0.310 e. The molecule has 0 aromatic heterocycles. The third-order valence-electron chi connectivity index (χ3n) is 4.75. The van der Waals surface area contributed by atoms with E-state index >= 15 is 0 Å². The van der Waals surface area contributed by atoms with E-state index in [1.54, 1.807) is 11.8 Å². The number of hydrogen-bond acceptors (Lipinski definition) is 4. The molecule has 26 heavy (non-hydrogen) atoms. The van der Waals surface area contributed by atoms with Crippen LogP contribution in [0.5, 0.6) is 0 Å². The summed E-state index contributed by atoms with van der Waals surface area (Å²) in [7, 11) is 0. The van der Waals surface area contributed by atoms with Crippen LogP contribution in [-0.4, -0.2) is 23.4 Å². The maximum absolute atomic E-state index is 12.3. The van der Waals surface area contributed by atoms with Crippen molar-refractivity contribution in [2.75, 3.05) is 5.75 Å². The van der Waals surface area contributed by atoms with Crippen molar-refractivity contribution in [3.05, 3.63) is 71.8 Å². The van der Waals surface area contributed by atoms with E-state index in [0.29, 0.717) is 6.61 Å². The van der Waals surface area contributed by atoms with Gasteiger partial charge in [-0.15, -0.1) is 0 Å². The van der Waals surface area contributed by atoms with Gasteiger partial charge in [0.2, 0.25) is 0 Å². The van der Waals surface area contributed by atoms with E-state index in [1.807, 2.05) is 62.4 Å². The molecular formula is C22H26O3S. The summed E-state index contributed by atoms with van der Waals surface area (Å²) >= 11 is 1.79. The highest BCUT2D eigenvalue weighted by molar-refractivity contribution is 7.98. The lowest BCUT2D eigenvalue weighted by atomic mass is 9.95. The average Bonchev–Trinajstić information content (AvgIpc) is 3.04. The average molecular weight is 371 g/mol. The van der Waals surface area contributed by atoms with Crippen LogP contribution in [0.15, 0.2) is 60.7 Å². The quantitative estimate of drug-likeness (QED) is 0.623. The lowest BCUT2D eigenvalue weighted by Gasteiger charge is -2.30. The Labute approximate surface area is 160 Å². The maximum Gasteiger partial charge on any atom is 0.310 e. The SMILES string of the molecule is CC(C)(OCc1ccccc1)C1CC(CSCc2ccccc2)C(=O)O1. The second-order valence-electron chi connectivity index (χ2n) is 7.24. The highest BCUT2D eigenvalue weighted by atomic mass is 32.2. The number of hydrogen-bond donors (Lipinski definition) is 0. The highest BCUT2D eigenvalue weighted by Crippen LogP contribution is 2.34. The van der Waals surface area contributed by atoms with E-state index < -0.39 is 5.60 Å². The molecule has 0 radical (unpaired) electrons. The van der Waals surface area contributed by atoms with Gasteiger partial charge in [0.15, 0.2) is 0 Å². The predicted octanol–water partition coefficient (Wildman–Crippen LogP) is 4.85. The first-order chi connectivity index (χ1) is 12.5. The van der Waals surface area contributed by atoms with Crippen LogP contribution in [0.2, 0.25) is 0 Å². The van der Waals surface area contributed by atoms with E-state index in [9.17, 15) is 4.79 Å². The summed E-state index contributed by atoms with van der Waals surface area (Å²) in [6.45, 7) is 4.54. The molecular weight excluding hydrogens is 344 g/mol. The number of carbonyl (C=O) groups excluding carboxylic acids is 1. The van der Waals surface area contributed by atoms with Gasteiger partial charge in [-0.2, -0.15) is 11.8 Å². The van der Waals surface area contributed by atoms with Crippen LogP contribution in [0.4, 0.5) is 0 Å². The molecule has 1 aliphatic rings. The van der Waals surface area contributed by atoms with Gasteiger partial charge in [0, 0.05) is 17.9 Å². The van der Waals surface area contributed by atoms with Crippen LogP contribution in [0, 0.1) is 5.92 Å². The molecule has 1 fully saturated rings. The van der Waals surface area contributed by atoms with Gasteiger partial charge in [0.25, 0.3) is 0 Å². The van der Waals surface area contributed by atoms with Crippen molar-refractivity contribution < 1.29 is 14.3 Å². The maximum atomic E-state index is 12.3. The summed E-state index contributed by atoms with van der Waals surface area (Å²) in [5.74, 6) is 1.57. The van der Waals surface area contributed by atoms with Crippen LogP contribution in [0.1, 0.15) is 31.4 Å². The van der Waals surface area contributed by atoms with Gasteiger partial charge in [0.1, 0.15) is 6.10 Å². The molecule has 1 saturated heterocycles. The predicted molar refractivity (Wildman–Crippen MR) is 106 cm³/mol. The standard InChI is InChI=1S/C22H26O3S/c1-22(2,24-14-17-9-5-3-6-10-17)20-13-19(21(23)25-20)16-26-15-18-11-7-4-8-12-18/h3-12,19-20H,13-16H2,1-2H3. The number of benzene rings is 2. The summed E-state index contributed by atoms with van der Waals surface area (Å²) < 4.78 is 11.7. The number of cyclic esters (lactones) is 1. The van der Waals surface area contributed by atoms with Gasteiger partial charge in [-0.3, -0.25) is 4.79 Å². The van der Waals surface area contributed by atoms with Crippen LogP contribution < -0.4 is 0 Å². The minimum absolute atomic E-state index is 0.0479. The largest absolute Gasteiger partial charge is 0.459 e. The van der Waals surface area contributed by atoms with Crippen LogP contribution in [-0.2, 0) is 26.6 Å². The molecule has 0 aliphatic carbocycles. The molecule has 2 unspecified atom stereocenters. The van der Waals surface area contributed by atoms with E-state index in [0.717, 1.165) is 23.5 Å². The summed E-state index contributed by atoms with van der Waals surface area (Å²) in [5, 5.41) is 0. The highest BCUT2D eigenvalue weighted by Gasteiger charge is 2.43.